The fourth-order valence-electron chi connectivity index (χ4n) is 5.09. The van der Waals surface area contributed by atoms with Crippen LogP contribution in [0.15, 0.2) is 35.6 Å². The second-order valence-electron chi connectivity index (χ2n) is 10.3. The Labute approximate surface area is 227 Å². The van der Waals surface area contributed by atoms with Crippen LogP contribution in [0.25, 0.3) is 22.2 Å². The lowest BCUT2D eigenvalue weighted by molar-refractivity contribution is -0.858. The van der Waals surface area contributed by atoms with Crippen molar-refractivity contribution in [3.8, 4) is 16.9 Å². The number of hydrogen-bond acceptors (Lipinski definition) is 6. The van der Waals surface area contributed by atoms with E-state index in [9.17, 15) is 17.6 Å². The summed E-state index contributed by atoms with van der Waals surface area (Å²) in [6.07, 6.45) is 7.39. The van der Waals surface area contributed by atoms with Gasteiger partial charge in [0.15, 0.2) is 0 Å². The summed E-state index contributed by atoms with van der Waals surface area (Å²) in [6, 6.07) is 7.72. The van der Waals surface area contributed by atoms with Gasteiger partial charge < -0.3 is 19.9 Å². The van der Waals surface area contributed by atoms with Crippen LogP contribution < -0.4 is 15.4 Å². The van der Waals surface area contributed by atoms with Gasteiger partial charge in [0.1, 0.15) is 25.1 Å². The van der Waals surface area contributed by atoms with E-state index in [-0.39, 0.29) is 6.04 Å². The van der Waals surface area contributed by atoms with E-state index in [0.717, 1.165) is 59.2 Å². The summed E-state index contributed by atoms with van der Waals surface area (Å²) in [5.74, 6) is -0.0240. The van der Waals surface area contributed by atoms with Gasteiger partial charge in [-0.25, -0.2) is 9.37 Å². The molecular weight excluding hydrogens is 525 g/mol. The Kier molecular flexibility index (Phi) is 8.67. The van der Waals surface area contributed by atoms with Gasteiger partial charge in [-0.15, -0.1) is 0 Å². The fourth-order valence-corrected chi connectivity index (χ4v) is 5.09. The highest BCUT2D eigenvalue weighted by Crippen LogP contribution is 2.43. The molecule has 1 aromatic heterocycles. The molecule has 1 aliphatic carbocycles. The maximum atomic E-state index is 14.6. The largest absolute Gasteiger partial charge is 0.487 e. The predicted octanol–water partition coefficient (Wildman–Crippen LogP) is 2.54. The summed E-state index contributed by atoms with van der Waals surface area (Å²) < 4.78 is 48.5. The first-order valence-electron chi connectivity index (χ1n) is 12.9. The number of primary amides is 1. The molecule has 39 heavy (non-hydrogen) atoms. The maximum absolute atomic E-state index is 14.6. The molecule has 2 atom stereocenters. The van der Waals surface area contributed by atoms with Crippen LogP contribution in [0.1, 0.15) is 47.6 Å². The van der Waals surface area contributed by atoms with Crippen LogP contribution in [0, 0.1) is 0 Å². The lowest BCUT2D eigenvalue weighted by Crippen LogP contribution is -3.06. The number of ether oxygens (including phenoxy) is 1. The van der Waals surface area contributed by atoms with E-state index in [1.54, 1.807) is 12.5 Å². The number of alkyl halides is 1. The van der Waals surface area contributed by atoms with Gasteiger partial charge in [0.25, 0.3) is 16.0 Å². The van der Waals surface area contributed by atoms with Crippen molar-refractivity contribution in [2.75, 3.05) is 33.5 Å². The third-order valence-electron chi connectivity index (χ3n) is 6.88. The van der Waals surface area contributed by atoms with E-state index in [1.165, 1.54) is 4.90 Å². The molecule has 0 radical (unpaired) electrons. The molecule has 1 amide bonds. The summed E-state index contributed by atoms with van der Waals surface area (Å²) in [5.41, 5.74) is 11.2. The lowest BCUT2D eigenvalue weighted by Gasteiger charge is -2.27. The maximum Gasteiger partial charge on any atom is 0.261 e. The van der Waals surface area contributed by atoms with Crippen molar-refractivity contribution >= 4 is 39.0 Å². The van der Waals surface area contributed by atoms with Crippen LogP contribution in [0.2, 0.25) is 0 Å². The molecule has 10 nitrogen and oxygen atoms in total. The number of carbonyl (C=O) groups is 1. The SMILES string of the molecule is CS(=O)(=O)O.C[NH+](C)CCOc1cc(-c2ccc3c(c2)ncn3[C@@H]2CCCC[C@H]2F)c2c(c1C(N)=O)CC=N2. The average molecular weight is 561 g/mol. The molecule has 12 heteroatoms. The number of carbonyl (C=O) groups excluding carboxylic acids is 1. The van der Waals surface area contributed by atoms with Gasteiger partial charge in [-0.3, -0.25) is 14.3 Å². The number of quaternary nitrogens is 1. The summed E-state index contributed by atoms with van der Waals surface area (Å²) in [7, 11) is 0.431. The molecule has 210 valence electrons. The summed E-state index contributed by atoms with van der Waals surface area (Å²) in [4.78, 5) is 22.7. The molecule has 2 aromatic carbocycles. The number of fused-ring (bicyclic) bond motifs is 2. The van der Waals surface area contributed by atoms with E-state index < -0.39 is 22.2 Å². The monoisotopic (exact) mass is 560 g/mol. The van der Waals surface area contributed by atoms with E-state index in [2.05, 4.69) is 9.98 Å². The Morgan fingerprint density at radius 2 is 1.97 bits per heavy atom. The Bertz CT molecular complexity index is 1490. The van der Waals surface area contributed by atoms with E-state index >= 15 is 0 Å². The highest BCUT2D eigenvalue weighted by molar-refractivity contribution is 7.85. The molecule has 1 saturated carbocycles. The van der Waals surface area contributed by atoms with Crippen LogP contribution in [-0.2, 0) is 16.5 Å². The van der Waals surface area contributed by atoms with Gasteiger partial charge in [-0.05, 0) is 36.6 Å². The van der Waals surface area contributed by atoms with Gasteiger partial charge in [0.2, 0.25) is 0 Å². The van der Waals surface area contributed by atoms with Gasteiger partial charge in [-0.1, -0.05) is 18.9 Å². The number of aliphatic imine (C=N–C) groups is 1. The smallest absolute Gasteiger partial charge is 0.261 e. The molecule has 2 heterocycles. The zero-order valence-electron chi connectivity index (χ0n) is 22.4. The van der Waals surface area contributed by atoms with Gasteiger partial charge >= 0.3 is 0 Å². The number of rotatable bonds is 7. The van der Waals surface area contributed by atoms with Crippen molar-refractivity contribution in [1.82, 2.24) is 9.55 Å². The van der Waals surface area contributed by atoms with Crippen LogP contribution in [0.4, 0.5) is 10.1 Å². The Balaban J connectivity index is 0.000000648. The minimum atomic E-state index is -3.67. The first-order chi connectivity index (χ1) is 18.4. The van der Waals surface area contributed by atoms with Crippen molar-refractivity contribution in [2.45, 2.75) is 44.3 Å². The van der Waals surface area contributed by atoms with Crippen molar-refractivity contribution in [3.63, 3.8) is 0 Å². The van der Waals surface area contributed by atoms with Crippen LogP contribution in [0.5, 0.6) is 5.75 Å². The summed E-state index contributed by atoms with van der Waals surface area (Å²) in [5, 5.41) is 0. The third kappa shape index (κ3) is 6.81. The number of benzene rings is 2. The molecular formula is C27H35FN5O5S+. The summed E-state index contributed by atoms with van der Waals surface area (Å²) in [6.45, 7) is 1.26. The number of nitrogens with one attached hydrogen (secondary N) is 1. The molecule has 1 fully saturated rings. The number of aromatic nitrogens is 2. The number of nitrogens with zero attached hydrogens (tertiary/aromatic N) is 3. The highest BCUT2D eigenvalue weighted by atomic mass is 32.2. The number of likely N-dealkylation sites (N-methyl/N-ethyl adjacent to an activating group) is 1. The van der Waals surface area contributed by atoms with Gasteiger partial charge in [0, 0.05) is 23.8 Å². The molecule has 3 aromatic rings. The van der Waals surface area contributed by atoms with E-state index in [1.807, 2.05) is 42.9 Å². The Hall–Kier alpha value is -3.35. The Morgan fingerprint density at radius 3 is 2.64 bits per heavy atom. The standard InChI is InChI=1S/C26H30FN5O2.CH4O3S/c1-31(2)11-12-34-23-14-18(25-17(9-10-29-25)24(23)26(28)33)16-7-8-22-20(13-16)30-15-32(22)21-6-4-3-5-19(21)27;1-5(2,3)4/h7-8,10,13-15,19,21H,3-6,9,11-12H2,1-2H3,(H2,28,33);1H3,(H,2,3,4)/p+1/t19-,21-;/m1./s1. The number of hydrogen-bond donors (Lipinski definition) is 3. The van der Waals surface area contributed by atoms with Crippen LogP contribution in [0.3, 0.4) is 0 Å². The summed E-state index contributed by atoms with van der Waals surface area (Å²) >= 11 is 0. The number of amides is 1. The molecule has 5 rings (SSSR count). The first-order valence-corrected chi connectivity index (χ1v) is 14.8. The predicted molar refractivity (Wildman–Crippen MR) is 149 cm³/mol. The van der Waals surface area contributed by atoms with Crippen LogP contribution >= 0.6 is 0 Å². The van der Waals surface area contributed by atoms with Crippen molar-refractivity contribution in [1.29, 1.82) is 0 Å². The van der Waals surface area contributed by atoms with E-state index in [0.29, 0.717) is 37.0 Å². The lowest BCUT2D eigenvalue weighted by atomic mass is 9.93. The average Bonchev–Trinajstić information content (AvgIpc) is 3.49. The van der Waals surface area contributed by atoms with Crippen molar-refractivity contribution in [2.24, 2.45) is 10.7 Å². The molecule has 2 aliphatic rings. The van der Waals surface area contributed by atoms with E-state index in [4.69, 9.17) is 15.0 Å². The third-order valence-corrected chi connectivity index (χ3v) is 6.88. The highest BCUT2D eigenvalue weighted by Gasteiger charge is 2.28. The molecule has 4 N–H and O–H groups in total. The topological polar surface area (TPSA) is 141 Å². The number of nitrogens with two attached hydrogens (primary N) is 1. The molecule has 0 unspecified atom stereocenters. The minimum absolute atomic E-state index is 0.160. The molecule has 0 spiro atoms. The Morgan fingerprint density at radius 1 is 1.26 bits per heavy atom. The number of imidazole rings is 1. The molecule has 1 aliphatic heterocycles. The van der Waals surface area contributed by atoms with Crippen molar-refractivity contribution in [3.05, 3.63) is 41.7 Å². The zero-order chi connectivity index (χ0) is 28.3. The van der Waals surface area contributed by atoms with Crippen molar-refractivity contribution < 1.29 is 31.8 Å². The van der Waals surface area contributed by atoms with Crippen LogP contribution in [-0.4, -0.2) is 74.3 Å². The zero-order valence-corrected chi connectivity index (χ0v) is 23.2. The second kappa shape index (κ2) is 11.8. The van der Waals surface area contributed by atoms with Gasteiger partial charge in [0.05, 0.1) is 55.0 Å². The molecule has 0 bridgehead atoms. The minimum Gasteiger partial charge on any atom is -0.487 e. The quantitative estimate of drug-likeness (QED) is 0.379. The number of halogens is 1. The normalized spacial score (nSPS) is 18.6. The fraction of sp³-hybridized carbons (Fsp3) is 0.444. The molecule has 0 saturated heterocycles. The van der Waals surface area contributed by atoms with Gasteiger partial charge in [-0.2, -0.15) is 8.42 Å². The second-order valence-corrected chi connectivity index (χ2v) is 11.7. The first kappa shape index (κ1) is 28.7.